The molecule has 1 heteroatoms. The number of furan rings is 1. The van der Waals surface area contributed by atoms with Crippen LogP contribution in [-0.4, -0.2) is 0 Å². The topological polar surface area (TPSA) is 13.1 Å². The van der Waals surface area contributed by atoms with Crippen molar-refractivity contribution in [3.05, 3.63) is 131 Å². The first kappa shape index (κ1) is 18.3. The van der Waals surface area contributed by atoms with Crippen molar-refractivity contribution in [1.82, 2.24) is 0 Å². The maximum atomic E-state index is 6.41. The van der Waals surface area contributed by atoms with Crippen molar-refractivity contribution in [2.45, 2.75) is 18.8 Å². The van der Waals surface area contributed by atoms with Crippen LogP contribution in [-0.2, 0) is 11.8 Å². The van der Waals surface area contributed by atoms with Crippen LogP contribution in [0.1, 0.15) is 34.7 Å². The van der Waals surface area contributed by atoms with E-state index in [0.717, 1.165) is 17.6 Å². The Balaban J connectivity index is 1.61. The second-order valence-electron chi connectivity index (χ2n) is 9.53. The van der Waals surface area contributed by atoms with Gasteiger partial charge in [-0.3, -0.25) is 0 Å². The highest BCUT2D eigenvalue weighted by molar-refractivity contribution is 6.09. The van der Waals surface area contributed by atoms with Gasteiger partial charge >= 0.3 is 0 Å². The van der Waals surface area contributed by atoms with Gasteiger partial charge in [-0.05, 0) is 74.7 Å². The summed E-state index contributed by atoms with van der Waals surface area (Å²) in [5.74, 6) is 0. The Morgan fingerprint density at radius 2 is 1.24 bits per heavy atom. The van der Waals surface area contributed by atoms with Gasteiger partial charge in [-0.15, -0.1) is 0 Å². The fourth-order valence-electron chi connectivity index (χ4n) is 6.80. The second kappa shape index (κ2) is 6.27. The van der Waals surface area contributed by atoms with E-state index in [0.29, 0.717) is 0 Å². The molecule has 160 valence electrons. The van der Waals surface area contributed by atoms with Crippen LogP contribution < -0.4 is 0 Å². The third-order valence-corrected chi connectivity index (χ3v) is 8.07. The number of aryl methyl sites for hydroxylation is 1. The van der Waals surface area contributed by atoms with Crippen LogP contribution in [0.4, 0.5) is 0 Å². The van der Waals surface area contributed by atoms with Crippen molar-refractivity contribution in [1.29, 1.82) is 0 Å². The number of hydrogen-bond acceptors (Lipinski definition) is 1. The van der Waals surface area contributed by atoms with E-state index in [4.69, 9.17) is 4.42 Å². The Kier molecular flexibility index (Phi) is 3.38. The monoisotopic (exact) mass is 434 g/mol. The molecule has 0 saturated carbocycles. The largest absolute Gasteiger partial charge is 0.456 e. The standard InChI is InChI=1S/C33H22O/c1-2-20-10-9-14-24-21-11-3-6-15-27(21)33(32(20)24)28-16-7-4-12-22(28)25-18-26-23-13-5-8-17-30(23)34-31(26)19-29(25)33/h3-19H,2H2,1H3. The minimum atomic E-state index is -0.322. The highest BCUT2D eigenvalue weighted by Gasteiger charge is 2.52. The summed E-state index contributed by atoms with van der Waals surface area (Å²) in [5.41, 5.74) is 13.9. The molecule has 5 aromatic carbocycles. The zero-order valence-corrected chi connectivity index (χ0v) is 18.9. The van der Waals surface area contributed by atoms with E-state index in [1.807, 2.05) is 6.07 Å². The first-order chi connectivity index (χ1) is 16.8. The average Bonchev–Trinajstić information content (AvgIpc) is 3.51. The van der Waals surface area contributed by atoms with Gasteiger partial charge in [0.2, 0.25) is 0 Å². The number of fused-ring (bicyclic) bond motifs is 13. The van der Waals surface area contributed by atoms with Gasteiger partial charge in [-0.1, -0.05) is 91.9 Å². The Hall–Kier alpha value is -4.10. The molecule has 2 aliphatic carbocycles. The molecule has 0 N–H and O–H groups in total. The van der Waals surface area contributed by atoms with Crippen LogP contribution in [0, 0.1) is 0 Å². The zero-order valence-electron chi connectivity index (χ0n) is 18.9. The smallest absolute Gasteiger partial charge is 0.135 e. The van der Waals surface area contributed by atoms with Crippen molar-refractivity contribution >= 4 is 21.9 Å². The fraction of sp³-hybridized carbons (Fsp3) is 0.0909. The van der Waals surface area contributed by atoms with Crippen molar-refractivity contribution in [3.63, 3.8) is 0 Å². The van der Waals surface area contributed by atoms with Crippen LogP contribution >= 0.6 is 0 Å². The number of rotatable bonds is 1. The third kappa shape index (κ3) is 1.98. The first-order valence-electron chi connectivity index (χ1n) is 12.1. The number of benzene rings is 5. The van der Waals surface area contributed by atoms with E-state index < -0.39 is 0 Å². The quantitative estimate of drug-likeness (QED) is 0.252. The summed E-state index contributed by atoms with van der Waals surface area (Å²) < 4.78 is 6.41. The molecule has 34 heavy (non-hydrogen) atoms. The van der Waals surface area contributed by atoms with Gasteiger partial charge in [0.15, 0.2) is 0 Å². The second-order valence-corrected chi connectivity index (χ2v) is 9.53. The number of hydrogen-bond donors (Lipinski definition) is 0. The Bertz CT molecular complexity index is 1800. The molecule has 1 aromatic heterocycles. The number of para-hydroxylation sites is 1. The lowest BCUT2D eigenvalue weighted by Crippen LogP contribution is -2.27. The lowest BCUT2D eigenvalue weighted by atomic mass is 9.69. The minimum Gasteiger partial charge on any atom is -0.456 e. The van der Waals surface area contributed by atoms with E-state index in [-0.39, 0.29) is 5.41 Å². The molecule has 0 aliphatic heterocycles. The molecule has 0 amide bonds. The SMILES string of the molecule is CCc1cccc2c1C1(c3ccccc3-c3cc4c(cc31)oc1ccccc14)c1ccccc1-2. The van der Waals surface area contributed by atoms with Crippen molar-refractivity contribution in [3.8, 4) is 22.3 Å². The zero-order chi connectivity index (χ0) is 22.4. The van der Waals surface area contributed by atoms with Crippen molar-refractivity contribution < 1.29 is 4.42 Å². The molecule has 1 spiro atoms. The van der Waals surface area contributed by atoms with Gasteiger partial charge in [-0.2, -0.15) is 0 Å². The highest BCUT2D eigenvalue weighted by atomic mass is 16.3. The van der Waals surface area contributed by atoms with Gasteiger partial charge in [-0.25, -0.2) is 0 Å². The highest BCUT2D eigenvalue weighted by Crippen LogP contribution is 2.64. The minimum absolute atomic E-state index is 0.322. The first-order valence-corrected chi connectivity index (χ1v) is 12.1. The van der Waals surface area contributed by atoms with E-state index in [9.17, 15) is 0 Å². The fourth-order valence-corrected chi connectivity index (χ4v) is 6.80. The third-order valence-electron chi connectivity index (χ3n) is 8.07. The summed E-state index contributed by atoms with van der Waals surface area (Å²) in [6, 6.07) is 37.9. The van der Waals surface area contributed by atoms with Crippen LogP contribution in [0.25, 0.3) is 44.2 Å². The Morgan fingerprint density at radius 3 is 2.03 bits per heavy atom. The van der Waals surface area contributed by atoms with Gasteiger partial charge in [0.05, 0.1) is 5.41 Å². The van der Waals surface area contributed by atoms with Crippen LogP contribution in [0.15, 0.2) is 108 Å². The summed E-state index contributed by atoms with van der Waals surface area (Å²) >= 11 is 0. The van der Waals surface area contributed by atoms with Gasteiger partial charge in [0.1, 0.15) is 11.2 Å². The van der Waals surface area contributed by atoms with Crippen LogP contribution in [0.5, 0.6) is 0 Å². The summed E-state index contributed by atoms with van der Waals surface area (Å²) in [7, 11) is 0. The molecule has 0 radical (unpaired) electrons. The molecule has 1 heterocycles. The van der Waals surface area contributed by atoms with Gasteiger partial charge < -0.3 is 4.42 Å². The Morgan fingerprint density at radius 1 is 0.559 bits per heavy atom. The summed E-state index contributed by atoms with van der Waals surface area (Å²) in [6.45, 7) is 2.27. The van der Waals surface area contributed by atoms with E-state index in [2.05, 4.69) is 104 Å². The molecule has 8 rings (SSSR count). The molecule has 2 aliphatic rings. The lowest BCUT2D eigenvalue weighted by Gasteiger charge is -2.32. The molecule has 1 nitrogen and oxygen atoms in total. The molecule has 0 fully saturated rings. The van der Waals surface area contributed by atoms with Crippen molar-refractivity contribution in [2.24, 2.45) is 0 Å². The van der Waals surface area contributed by atoms with E-state index >= 15 is 0 Å². The molecular weight excluding hydrogens is 412 g/mol. The predicted octanol–water partition coefficient (Wildman–Crippen LogP) is 8.49. The molecule has 0 bridgehead atoms. The summed E-state index contributed by atoms with van der Waals surface area (Å²) in [5, 5.41) is 2.37. The maximum absolute atomic E-state index is 6.41. The summed E-state index contributed by atoms with van der Waals surface area (Å²) in [4.78, 5) is 0. The summed E-state index contributed by atoms with van der Waals surface area (Å²) in [6.07, 6.45) is 1.00. The average molecular weight is 435 g/mol. The van der Waals surface area contributed by atoms with E-state index in [1.54, 1.807) is 0 Å². The Labute approximate surface area is 198 Å². The normalized spacial score (nSPS) is 17.2. The molecule has 0 saturated heterocycles. The predicted molar refractivity (Wildman–Crippen MR) is 139 cm³/mol. The molecule has 1 unspecified atom stereocenters. The lowest BCUT2D eigenvalue weighted by molar-refractivity contribution is 0.666. The maximum Gasteiger partial charge on any atom is 0.135 e. The molecule has 6 aromatic rings. The molecule has 1 atom stereocenters. The van der Waals surface area contributed by atoms with E-state index in [1.165, 1.54) is 60.8 Å². The van der Waals surface area contributed by atoms with Crippen molar-refractivity contribution in [2.75, 3.05) is 0 Å². The van der Waals surface area contributed by atoms with Crippen LogP contribution in [0.3, 0.4) is 0 Å². The van der Waals surface area contributed by atoms with Gasteiger partial charge in [0.25, 0.3) is 0 Å². The van der Waals surface area contributed by atoms with Gasteiger partial charge in [0, 0.05) is 10.8 Å². The van der Waals surface area contributed by atoms with Crippen LogP contribution in [0.2, 0.25) is 0 Å². The molecular formula is C33H22O.